The van der Waals surface area contributed by atoms with Gasteiger partial charge in [0, 0.05) is 24.7 Å². The fraction of sp³-hybridized carbons (Fsp3) is 0.929. The summed E-state index contributed by atoms with van der Waals surface area (Å²) in [5.41, 5.74) is 0. The molecule has 5 heteroatoms. The van der Waals surface area contributed by atoms with Crippen molar-refractivity contribution in [2.45, 2.75) is 56.7 Å². The van der Waals surface area contributed by atoms with E-state index in [4.69, 9.17) is 0 Å². The van der Waals surface area contributed by atoms with Crippen LogP contribution in [0.1, 0.15) is 38.5 Å². The summed E-state index contributed by atoms with van der Waals surface area (Å²) in [6.07, 6.45) is 7.67. The van der Waals surface area contributed by atoms with Gasteiger partial charge in [-0.15, -0.1) is 12.4 Å². The molecule has 0 aromatic rings. The summed E-state index contributed by atoms with van der Waals surface area (Å²) in [4.78, 5) is 14.1. The van der Waals surface area contributed by atoms with E-state index in [1.807, 2.05) is 0 Å². The second kappa shape index (κ2) is 6.42. The van der Waals surface area contributed by atoms with E-state index in [9.17, 15) is 4.79 Å². The average molecular weight is 288 g/mol. The molecule has 3 rings (SSSR count). The quantitative estimate of drug-likeness (QED) is 0.797. The van der Waals surface area contributed by atoms with E-state index >= 15 is 0 Å². The summed E-state index contributed by atoms with van der Waals surface area (Å²) < 4.78 is 0. The second-order valence-electron chi connectivity index (χ2n) is 6.43. The second-order valence-corrected chi connectivity index (χ2v) is 6.43. The van der Waals surface area contributed by atoms with Crippen LogP contribution < -0.4 is 10.6 Å². The lowest BCUT2D eigenvalue weighted by atomic mass is 9.98. The molecule has 1 saturated carbocycles. The highest BCUT2D eigenvalue weighted by Gasteiger charge is 2.35. The number of rotatable bonds is 5. The number of amides is 1. The molecular weight excluding hydrogens is 262 g/mol. The Hall–Kier alpha value is -0.320. The first kappa shape index (κ1) is 15.1. The van der Waals surface area contributed by atoms with Gasteiger partial charge in [-0.25, -0.2) is 0 Å². The molecule has 0 aromatic carbocycles. The fourth-order valence-electron chi connectivity index (χ4n) is 3.38. The topological polar surface area (TPSA) is 44.4 Å². The van der Waals surface area contributed by atoms with Gasteiger partial charge < -0.3 is 10.6 Å². The number of fused-ring (bicyclic) bond motifs is 2. The SMILES string of the molecule is CN(CC(=O)NCC1CC1)C1CC2CCC(C1)N2.Cl. The van der Waals surface area contributed by atoms with Gasteiger partial charge in [-0.05, 0) is 51.5 Å². The smallest absolute Gasteiger partial charge is 0.234 e. The van der Waals surface area contributed by atoms with Gasteiger partial charge in [-0.3, -0.25) is 9.69 Å². The first-order valence-corrected chi connectivity index (χ1v) is 7.43. The molecule has 2 aliphatic heterocycles. The van der Waals surface area contributed by atoms with E-state index < -0.39 is 0 Å². The van der Waals surface area contributed by atoms with Crippen molar-refractivity contribution in [1.29, 1.82) is 0 Å². The Kier molecular flexibility index (Phi) is 5.09. The molecule has 2 saturated heterocycles. The van der Waals surface area contributed by atoms with Gasteiger partial charge in [0.15, 0.2) is 0 Å². The van der Waals surface area contributed by atoms with Crippen LogP contribution in [0.5, 0.6) is 0 Å². The number of carbonyl (C=O) groups excluding carboxylic acids is 1. The van der Waals surface area contributed by atoms with Gasteiger partial charge in [0.25, 0.3) is 0 Å². The Labute approximate surface area is 122 Å². The van der Waals surface area contributed by atoms with Crippen molar-refractivity contribution in [3.05, 3.63) is 0 Å². The van der Waals surface area contributed by atoms with Gasteiger partial charge >= 0.3 is 0 Å². The highest BCUT2D eigenvalue weighted by Crippen LogP contribution is 2.29. The summed E-state index contributed by atoms with van der Waals surface area (Å²) in [7, 11) is 2.10. The average Bonchev–Trinajstić information content (AvgIpc) is 3.12. The van der Waals surface area contributed by atoms with Crippen molar-refractivity contribution in [3.63, 3.8) is 0 Å². The van der Waals surface area contributed by atoms with Gasteiger partial charge in [-0.2, -0.15) is 0 Å². The number of hydrogen-bond donors (Lipinski definition) is 2. The molecule has 110 valence electrons. The Morgan fingerprint density at radius 2 is 1.84 bits per heavy atom. The van der Waals surface area contributed by atoms with Crippen LogP contribution in [0.3, 0.4) is 0 Å². The Bertz CT molecular complexity index is 310. The van der Waals surface area contributed by atoms with Gasteiger partial charge in [0.05, 0.1) is 6.54 Å². The van der Waals surface area contributed by atoms with Crippen LogP contribution >= 0.6 is 12.4 Å². The molecule has 2 bridgehead atoms. The van der Waals surface area contributed by atoms with Crippen molar-refractivity contribution in [2.75, 3.05) is 20.1 Å². The van der Waals surface area contributed by atoms with E-state index in [0.717, 1.165) is 12.5 Å². The number of hydrogen-bond acceptors (Lipinski definition) is 3. The standard InChI is InChI=1S/C14H25N3O.ClH/c1-17(9-14(18)15-8-10-2-3-10)13-6-11-4-5-12(7-13)16-11;/h10-13,16H,2-9H2,1H3,(H,15,18);1H. The zero-order valence-corrected chi connectivity index (χ0v) is 12.5. The highest BCUT2D eigenvalue weighted by molar-refractivity contribution is 5.85. The lowest BCUT2D eigenvalue weighted by Crippen LogP contribution is -2.49. The molecule has 1 amide bonds. The minimum absolute atomic E-state index is 0. The molecule has 2 atom stereocenters. The van der Waals surface area contributed by atoms with E-state index in [0.29, 0.717) is 24.7 Å². The maximum atomic E-state index is 11.8. The molecule has 0 radical (unpaired) electrons. The predicted molar refractivity (Wildman–Crippen MR) is 78.6 cm³/mol. The minimum Gasteiger partial charge on any atom is -0.355 e. The molecule has 4 nitrogen and oxygen atoms in total. The molecule has 19 heavy (non-hydrogen) atoms. The third-order valence-corrected chi connectivity index (χ3v) is 4.75. The zero-order chi connectivity index (χ0) is 12.5. The van der Waals surface area contributed by atoms with Gasteiger partial charge in [0.1, 0.15) is 0 Å². The lowest BCUT2D eigenvalue weighted by molar-refractivity contribution is -0.122. The molecule has 2 unspecified atom stereocenters. The number of likely N-dealkylation sites (N-methyl/N-ethyl adjacent to an activating group) is 1. The third-order valence-electron chi connectivity index (χ3n) is 4.75. The number of carbonyl (C=O) groups is 1. The monoisotopic (exact) mass is 287 g/mol. The van der Waals surface area contributed by atoms with E-state index in [-0.39, 0.29) is 18.3 Å². The lowest BCUT2D eigenvalue weighted by Gasteiger charge is -2.35. The summed E-state index contributed by atoms with van der Waals surface area (Å²) in [5, 5.41) is 6.71. The summed E-state index contributed by atoms with van der Waals surface area (Å²) >= 11 is 0. The molecule has 1 aliphatic carbocycles. The van der Waals surface area contributed by atoms with Crippen LogP contribution in [0, 0.1) is 5.92 Å². The third kappa shape index (κ3) is 4.07. The molecule has 2 N–H and O–H groups in total. The van der Waals surface area contributed by atoms with Crippen LogP contribution in [0.25, 0.3) is 0 Å². The van der Waals surface area contributed by atoms with Crippen LogP contribution in [-0.4, -0.2) is 49.1 Å². The van der Waals surface area contributed by atoms with Crippen LogP contribution in [0.2, 0.25) is 0 Å². The summed E-state index contributed by atoms with van der Waals surface area (Å²) in [6, 6.07) is 1.99. The molecule has 2 heterocycles. The number of halogens is 1. The van der Waals surface area contributed by atoms with Crippen molar-refractivity contribution in [3.8, 4) is 0 Å². The highest BCUT2D eigenvalue weighted by atomic mass is 35.5. The van der Waals surface area contributed by atoms with Crippen LogP contribution in [0.4, 0.5) is 0 Å². The molecule has 0 spiro atoms. The van der Waals surface area contributed by atoms with Crippen molar-refractivity contribution in [2.24, 2.45) is 5.92 Å². The number of nitrogens with zero attached hydrogens (tertiary/aromatic N) is 1. The molecule has 0 aromatic heterocycles. The molecule has 3 fully saturated rings. The largest absolute Gasteiger partial charge is 0.355 e. The van der Waals surface area contributed by atoms with Crippen molar-refractivity contribution >= 4 is 18.3 Å². The summed E-state index contributed by atoms with van der Waals surface area (Å²) in [5.74, 6) is 0.976. The van der Waals surface area contributed by atoms with E-state index in [2.05, 4.69) is 22.6 Å². The minimum atomic E-state index is 0. The van der Waals surface area contributed by atoms with Crippen molar-refractivity contribution in [1.82, 2.24) is 15.5 Å². The molecule has 3 aliphatic rings. The number of nitrogens with one attached hydrogen (secondary N) is 2. The Morgan fingerprint density at radius 1 is 1.21 bits per heavy atom. The molecular formula is C14H26ClN3O. The number of piperidine rings is 1. The van der Waals surface area contributed by atoms with Crippen LogP contribution in [0.15, 0.2) is 0 Å². The van der Waals surface area contributed by atoms with E-state index in [1.54, 1.807) is 0 Å². The summed E-state index contributed by atoms with van der Waals surface area (Å²) in [6.45, 7) is 1.46. The Morgan fingerprint density at radius 3 is 2.42 bits per heavy atom. The van der Waals surface area contributed by atoms with Crippen LogP contribution in [-0.2, 0) is 4.79 Å². The van der Waals surface area contributed by atoms with E-state index in [1.165, 1.54) is 38.5 Å². The predicted octanol–water partition coefficient (Wildman–Crippen LogP) is 1.15. The van der Waals surface area contributed by atoms with Gasteiger partial charge in [-0.1, -0.05) is 0 Å². The van der Waals surface area contributed by atoms with Gasteiger partial charge in [0.2, 0.25) is 5.91 Å². The normalized spacial score (nSPS) is 33.1. The Balaban J connectivity index is 0.00000133. The van der Waals surface area contributed by atoms with Crippen molar-refractivity contribution < 1.29 is 4.79 Å². The maximum absolute atomic E-state index is 11.8. The first-order valence-electron chi connectivity index (χ1n) is 7.43. The fourth-order valence-corrected chi connectivity index (χ4v) is 3.38. The maximum Gasteiger partial charge on any atom is 0.234 e. The zero-order valence-electron chi connectivity index (χ0n) is 11.7. The first-order chi connectivity index (χ1) is 8.70.